The standard InChI is InChI=1S/C20H24FN3O2S.ClH/c21-16-3-1-15(2-4-16)20(26)7-13-5-17(6-14(13)8-20)23-10-19(25)24-12-27-11-18(24)9-22;/h1-4,13-14,17-18,23,26H,5-8,10-12H2;1H/t13-,14+,17?,18-,20?;/m1./s1. The molecule has 2 N–H and O–H groups in total. The van der Waals surface area contributed by atoms with E-state index in [4.69, 9.17) is 5.26 Å². The molecule has 1 amide bonds. The Kier molecular flexibility index (Phi) is 6.55. The largest absolute Gasteiger partial charge is 0.385 e. The molecule has 3 fully saturated rings. The smallest absolute Gasteiger partial charge is 0.238 e. The summed E-state index contributed by atoms with van der Waals surface area (Å²) in [4.78, 5) is 14.0. The van der Waals surface area contributed by atoms with Crippen molar-refractivity contribution in [3.63, 3.8) is 0 Å². The molecule has 0 spiro atoms. The Bertz CT molecular complexity index is 743. The molecule has 5 nitrogen and oxygen atoms in total. The van der Waals surface area contributed by atoms with Crippen molar-refractivity contribution in [3.8, 4) is 6.07 Å². The molecule has 2 unspecified atom stereocenters. The predicted octanol–water partition coefficient (Wildman–Crippen LogP) is 2.64. The SMILES string of the molecule is Cl.N#C[C@@H]1CSCN1C(=O)CNC1C[C@@H]2CC(O)(c3ccc(F)cc3)C[C@@H]2C1. The average molecular weight is 426 g/mol. The van der Waals surface area contributed by atoms with Crippen LogP contribution < -0.4 is 5.32 Å². The molecule has 152 valence electrons. The molecular formula is C20H25ClFN3O2S. The van der Waals surface area contributed by atoms with Crippen LogP contribution in [0, 0.1) is 29.0 Å². The number of halogens is 2. The molecule has 1 aliphatic heterocycles. The summed E-state index contributed by atoms with van der Waals surface area (Å²) in [5, 5.41) is 23.5. The van der Waals surface area contributed by atoms with Gasteiger partial charge in [-0.25, -0.2) is 4.39 Å². The summed E-state index contributed by atoms with van der Waals surface area (Å²) in [5.41, 5.74) is -0.0663. The zero-order valence-corrected chi connectivity index (χ0v) is 17.1. The third kappa shape index (κ3) is 4.16. The number of fused-ring (bicyclic) bond motifs is 1. The monoisotopic (exact) mass is 425 g/mol. The predicted molar refractivity (Wildman–Crippen MR) is 108 cm³/mol. The Morgan fingerprint density at radius 3 is 2.57 bits per heavy atom. The minimum Gasteiger partial charge on any atom is -0.385 e. The topological polar surface area (TPSA) is 76.4 Å². The second kappa shape index (κ2) is 8.58. The minimum atomic E-state index is -0.864. The van der Waals surface area contributed by atoms with E-state index in [1.165, 1.54) is 12.1 Å². The van der Waals surface area contributed by atoms with Gasteiger partial charge in [0, 0.05) is 11.8 Å². The van der Waals surface area contributed by atoms with Gasteiger partial charge in [0.05, 0.1) is 24.1 Å². The Balaban J connectivity index is 0.00000225. The maximum atomic E-state index is 13.1. The Morgan fingerprint density at radius 1 is 1.32 bits per heavy atom. The van der Waals surface area contributed by atoms with E-state index in [-0.39, 0.29) is 42.8 Å². The van der Waals surface area contributed by atoms with Gasteiger partial charge in [-0.2, -0.15) is 5.26 Å². The zero-order valence-electron chi connectivity index (χ0n) is 15.5. The highest BCUT2D eigenvalue weighted by atomic mass is 35.5. The van der Waals surface area contributed by atoms with Crippen molar-refractivity contribution in [3.05, 3.63) is 35.6 Å². The molecule has 3 aliphatic rings. The normalized spacial score (nSPS) is 34.0. The van der Waals surface area contributed by atoms with Crippen LogP contribution in [-0.2, 0) is 10.4 Å². The first-order valence-electron chi connectivity index (χ1n) is 9.47. The number of hydrogen-bond donors (Lipinski definition) is 2. The maximum absolute atomic E-state index is 13.1. The summed E-state index contributed by atoms with van der Waals surface area (Å²) in [6.45, 7) is 0.269. The molecule has 8 heteroatoms. The van der Waals surface area contributed by atoms with Crippen molar-refractivity contribution >= 4 is 30.1 Å². The zero-order chi connectivity index (χ0) is 19.0. The van der Waals surface area contributed by atoms with E-state index in [2.05, 4.69) is 11.4 Å². The van der Waals surface area contributed by atoms with Gasteiger partial charge in [0.15, 0.2) is 0 Å². The lowest BCUT2D eigenvalue weighted by Crippen LogP contribution is -2.43. The molecule has 0 bridgehead atoms. The van der Waals surface area contributed by atoms with Crippen LogP contribution in [-0.4, -0.2) is 46.2 Å². The van der Waals surface area contributed by atoms with Crippen LogP contribution in [0.4, 0.5) is 4.39 Å². The number of amides is 1. The molecule has 4 rings (SSSR count). The third-order valence-electron chi connectivity index (χ3n) is 6.32. The molecule has 0 radical (unpaired) electrons. The van der Waals surface area contributed by atoms with E-state index in [0.717, 1.165) is 18.4 Å². The van der Waals surface area contributed by atoms with Crippen LogP contribution in [0.2, 0.25) is 0 Å². The van der Waals surface area contributed by atoms with E-state index in [9.17, 15) is 14.3 Å². The molecule has 1 saturated heterocycles. The van der Waals surface area contributed by atoms with Gasteiger partial charge in [-0.05, 0) is 55.2 Å². The van der Waals surface area contributed by atoms with Crippen molar-refractivity contribution in [1.29, 1.82) is 5.26 Å². The van der Waals surface area contributed by atoms with Crippen molar-refractivity contribution in [2.24, 2.45) is 11.8 Å². The highest BCUT2D eigenvalue weighted by Gasteiger charge is 2.49. The summed E-state index contributed by atoms with van der Waals surface area (Å²) in [6, 6.07) is 8.34. The molecule has 2 saturated carbocycles. The van der Waals surface area contributed by atoms with Crippen LogP contribution in [0.15, 0.2) is 24.3 Å². The summed E-state index contributed by atoms with van der Waals surface area (Å²) in [7, 11) is 0. The Labute approximate surface area is 175 Å². The maximum Gasteiger partial charge on any atom is 0.238 e. The number of carbonyl (C=O) groups is 1. The van der Waals surface area contributed by atoms with Gasteiger partial charge in [0.25, 0.3) is 0 Å². The Morgan fingerprint density at radius 2 is 1.96 bits per heavy atom. The minimum absolute atomic E-state index is 0. The molecule has 28 heavy (non-hydrogen) atoms. The van der Waals surface area contributed by atoms with Gasteiger partial charge < -0.3 is 15.3 Å². The summed E-state index contributed by atoms with van der Waals surface area (Å²) < 4.78 is 13.1. The fraction of sp³-hybridized carbons (Fsp3) is 0.600. The van der Waals surface area contributed by atoms with Gasteiger partial charge in [-0.15, -0.1) is 24.2 Å². The van der Waals surface area contributed by atoms with E-state index in [1.807, 2.05) is 0 Å². The lowest BCUT2D eigenvalue weighted by Gasteiger charge is -2.26. The lowest BCUT2D eigenvalue weighted by molar-refractivity contribution is -0.129. The number of nitrogens with one attached hydrogen (secondary N) is 1. The number of thioether (sulfide) groups is 1. The number of nitrogens with zero attached hydrogens (tertiary/aromatic N) is 2. The van der Waals surface area contributed by atoms with Gasteiger partial charge in [0.2, 0.25) is 5.91 Å². The molecule has 1 heterocycles. The number of carbonyl (C=O) groups excluding carboxylic acids is 1. The molecule has 5 atom stereocenters. The van der Waals surface area contributed by atoms with Crippen LogP contribution in [0.3, 0.4) is 0 Å². The molecule has 2 aliphatic carbocycles. The van der Waals surface area contributed by atoms with Crippen molar-refractivity contribution in [2.75, 3.05) is 18.2 Å². The number of rotatable bonds is 4. The highest BCUT2D eigenvalue weighted by Crippen LogP contribution is 2.52. The molecule has 1 aromatic carbocycles. The van der Waals surface area contributed by atoms with Crippen molar-refractivity contribution < 1.29 is 14.3 Å². The average Bonchev–Trinajstić information content (AvgIpc) is 3.33. The Hall–Kier alpha value is -1.33. The fourth-order valence-corrected chi connectivity index (χ4v) is 6.06. The first kappa shape index (κ1) is 21.4. The van der Waals surface area contributed by atoms with Gasteiger partial charge >= 0.3 is 0 Å². The van der Waals surface area contributed by atoms with E-state index in [0.29, 0.717) is 36.3 Å². The lowest BCUT2D eigenvalue weighted by atomic mass is 9.89. The number of hydrogen-bond acceptors (Lipinski definition) is 5. The van der Waals surface area contributed by atoms with Crippen LogP contribution >= 0.6 is 24.2 Å². The van der Waals surface area contributed by atoms with Gasteiger partial charge in [-0.1, -0.05) is 12.1 Å². The summed E-state index contributed by atoms with van der Waals surface area (Å²) in [5.74, 6) is 1.83. The fourth-order valence-electron chi connectivity index (χ4n) is 4.95. The first-order chi connectivity index (χ1) is 13.0. The van der Waals surface area contributed by atoms with Crippen molar-refractivity contribution in [1.82, 2.24) is 10.2 Å². The quantitative estimate of drug-likeness (QED) is 0.775. The van der Waals surface area contributed by atoms with Crippen LogP contribution in [0.25, 0.3) is 0 Å². The molecular weight excluding hydrogens is 401 g/mol. The molecule has 0 aromatic heterocycles. The van der Waals surface area contributed by atoms with Crippen LogP contribution in [0.1, 0.15) is 31.2 Å². The number of benzene rings is 1. The van der Waals surface area contributed by atoms with Gasteiger partial charge in [-0.3, -0.25) is 4.79 Å². The van der Waals surface area contributed by atoms with Crippen LogP contribution in [0.5, 0.6) is 0 Å². The van der Waals surface area contributed by atoms with E-state index < -0.39 is 5.60 Å². The van der Waals surface area contributed by atoms with Gasteiger partial charge in [0.1, 0.15) is 11.9 Å². The number of aliphatic hydroxyl groups is 1. The molecule has 1 aromatic rings. The van der Waals surface area contributed by atoms with E-state index in [1.54, 1.807) is 28.8 Å². The second-order valence-electron chi connectivity index (χ2n) is 8.02. The summed E-state index contributed by atoms with van der Waals surface area (Å²) >= 11 is 1.62. The van der Waals surface area contributed by atoms with Crippen molar-refractivity contribution in [2.45, 2.75) is 43.4 Å². The summed E-state index contributed by atoms with van der Waals surface area (Å²) in [6.07, 6.45) is 3.26. The van der Waals surface area contributed by atoms with E-state index >= 15 is 0 Å². The number of nitriles is 1. The third-order valence-corrected chi connectivity index (χ3v) is 7.33. The first-order valence-corrected chi connectivity index (χ1v) is 10.6. The highest BCUT2D eigenvalue weighted by molar-refractivity contribution is 7.99. The second-order valence-corrected chi connectivity index (χ2v) is 9.02.